The predicted molar refractivity (Wildman–Crippen MR) is 64.2 cm³/mol. The molecule has 0 radical (unpaired) electrons. The summed E-state index contributed by atoms with van der Waals surface area (Å²) in [4.78, 5) is 7.79. The number of hydrogen-bond donors (Lipinski definition) is 2. The van der Waals surface area contributed by atoms with Crippen LogP contribution in [-0.4, -0.2) is 10.9 Å². The number of guanidine groups is 1. The minimum absolute atomic E-state index is 0. The summed E-state index contributed by atoms with van der Waals surface area (Å²) in [5, 5.41) is 0.600. The van der Waals surface area contributed by atoms with Crippen LogP contribution < -0.4 is 11.5 Å². The number of rotatable bonds is 2. The highest BCUT2D eigenvalue weighted by Gasteiger charge is 1.92. The molecule has 13 heavy (non-hydrogen) atoms. The standard InChI is InChI=1S/C7H9ClN4.HI/c8-5-1-2-6(11-3-5)4-12-7(9)10;/h1-3H,4H2,(H4,9,10,12);1H. The van der Waals surface area contributed by atoms with Gasteiger partial charge in [-0.15, -0.1) is 24.0 Å². The Bertz CT molecular complexity index is 281. The summed E-state index contributed by atoms with van der Waals surface area (Å²) < 4.78 is 0. The van der Waals surface area contributed by atoms with E-state index >= 15 is 0 Å². The molecule has 6 heteroatoms. The lowest BCUT2D eigenvalue weighted by Gasteiger charge is -1.95. The Morgan fingerprint density at radius 3 is 2.62 bits per heavy atom. The highest BCUT2D eigenvalue weighted by Crippen LogP contribution is 2.06. The normalized spacial score (nSPS) is 8.69. The largest absolute Gasteiger partial charge is 0.370 e. The molecule has 0 saturated carbocycles. The van der Waals surface area contributed by atoms with Gasteiger partial charge < -0.3 is 11.5 Å². The molecular formula is C7H10ClIN4. The number of nitrogens with zero attached hydrogens (tertiary/aromatic N) is 2. The molecule has 0 saturated heterocycles. The molecule has 0 fully saturated rings. The van der Waals surface area contributed by atoms with Crippen LogP contribution in [0.25, 0.3) is 0 Å². The first-order valence-electron chi connectivity index (χ1n) is 3.34. The van der Waals surface area contributed by atoms with Crippen molar-refractivity contribution >= 4 is 41.5 Å². The van der Waals surface area contributed by atoms with Crippen LogP contribution >= 0.6 is 35.6 Å². The SMILES string of the molecule is I.NC(N)=NCc1ccc(Cl)cn1. The summed E-state index contributed by atoms with van der Waals surface area (Å²) >= 11 is 5.63. The molecule has 0 unspecified atom stereocenters. The van der Waals surface area contributed by atoms with Crippen LogP contribution in [0.2, 0.25) is 5.02 Å². The van der Waals surface area contributed by atoms with Crippen LogP contribution in [0.15, 0.2) is 23.3 Å². The highest BCUT2D eigenvalue weighted by molar-refractivity contribution is 14.0. The van der Waals surface area contributed by atoms with E-state index in [9.17, 15) is 0 Å². The van der Waals surface area contributed by atoms with Gasteiger partial charge in [0.1, 0.15) is 0 Å². The molecule has 0 amide bonds. The fraction of sp³-hybridized carbons (Fsp3) is 0.143. The van der Waals surface area contributed by atoms with E-state index < -0.39 is 0 Å². The van der Waals surface area contributed by atoms with E-state index in [2.05, 4.69) is 9.98 Å². The minimum Gasteiger partial charge on any atom is -0.370 e. The summed E-state index contributed by atoms with van der Waals surface area (Å²) in [6, 6.07) is 3.51. The maximum absolute atomic E-state index is 5.63. The Morgan fingerprint density at radius 2 is 2.15 bits per heavy atom. The molecule has 1 rings (SSSR count). The maximum atomic E-state index is 5.63. The Balaban J connectivity index is 0.00000144. The van der Waals surface area contributed by atoms with Crippen molar-refractivity contribution < 1.29 is 0 Å². The van der Waals surface area contributed by atoms with E-state index in [1.165, 1.54) is 0 Å². The van der Waals surface area contributed by atoms with Crippen LogP contribution in [-0.2, 0) is 6.54 Å². The van der Waals surface area contributed by atoms with Gasteiger partial charge in [-0.25, -0.2) is 4.99 Å². The fourth-order valence-electron chi connectivity index (χ4n) is 0.672. The molecule has 1 aromatic heterocycles. The lowest BCUT2D eigenvalue weighted by Crippen LogP contribution is -2.22. The zero-order valence-corrected chi connectivity index (χ0v) is 9.86. The Morgan fingerprint density at radius 1 is 1.46 bits per heavy atom. The van der Waals surface area contributed by atoms with E-state index in [1.54, 1.807) is 18.3 Å². The molecule has 0 aliphatic carbocycles. The zero-order chi connectivity index (χ0) is 8.97. The molecule has 0 aliphatic heterocycles. The van der Waals surface area contributed by atoms with Crippen LogP contribution in [0.4, 0.5) is 0 Å². The second-order valence-electron chi connectivity index (χ2n) is 2.21. The Labute approximate surface area is 98.4 Å². The smallest absolute Gasteiger partial charge is 0.186 e. The second-order valence-corrected chi connectivity index (χ2v) is 2.65. The van der Waals surface area contributed by atoms with Gasteiger partial charge in [0.15, 0.2) is 5.96 Å². The molecule has 0 bridgehead atoms. The van der Waals surface area contributed by atoms with Gasteiger partial charge in [-0.05, 0) is 12.1 Å². The number of aromatic nitrogens is 1. The van der Waals surface area contributed by atoms with Gasteiger partial charge in [-0.3, -0.25) is 4.98 Å². The van der Waals surface area contributed by atoms with Crippen LogP contribution in [0, 0.1) is 0 Å². The van der Waals surface area contributed by atoms with Crippen molar-refractivity contribution in [2.45, 2.75) is 6.54 Å². The van der Waals surface area contributed by atoms with Crippen LogP contribution in [0.1, 0.15) is 5.69 Å². The highest BCUT2D eigenvalue weighted by atomic mass is 127. The van der Waals surface area contributed by atoms with Gasteiger partial charge in [-0.1, -0.05) is 11.6 Å². The number of aliphatic imine (C=N–C) groups is 1. The average Bonchev–Trinajstić information content (AvgIpc) is 2.03. The van der Waals surface area contributed by atoms with Gasteiger partial charge in [-0.2, -0.15) is 0 Å². The van der Waals surface area contributed by atoms with Crippen molar-refractivity contribution in [2.75, 3.05) is 0 Å². The van der Waals surface area contributed by atoms with E-state index in [0.29, 0.717) is 11.6 Å². The summed E-state index contributed by atoms with van der Waals surface area (Å²) in [7, 11) is 0. The van der Waals surface area contributed by atoms with Crippen LogP contribution in [0.5, 0.6) is 0 Å². The first-order valence-corrected chi connectivity index (χ1v) is 3.72. The van der Waals surface area contributed by atoms with Gasteiger partial charge in [0.05, 0.1) is 17.3 Å². The van der Waals surface area contributed by atoms with Gasteiger partial charge >= 0.3 is 0 Å². The second kappa shape index (κ2) is 5.98. The molecule has 1 aromatic rings. The number of halogens is 2. The summed E-state index contributed by atoms with van der Waals surface area (Å²) in [6.45, 7) is 0.388. The molecule has 4 N–H and O–H groups in total. The van der Waals surface area contributed by atoms with E-state index in [4.69, 9.17) is 23.1 Å². The van der Waals surface area contributed by atoms with E-state index in [1.807, 2.05) is 0 Å². The Hall–Kier alpha value is -0.560. The van der Waals surface area contributed by atoms with E-state index in [-0.39, 0.29) is 29.9 Å². The quantitative estimate of drug-likeness (QED) is 0.488. The van der Waals surface area contributed by atoms with Crippen LogP contribution in [0.3, 0.4) is 0 Å². The first kappa shape index (κ1) is 12.4. The fourth-order valence-corrected chi connectivity index (χ4v) is 0.784. The summed E-state index contributed by atoms with van der Waals surface area (Å²) in [5.41, 5.74) is 11.1. The maximum Gasteiger partial charge on any atom is 0.186 e. The minimum atomic E-state index is 0. The monoisotopic (exact) mass is 312 g/mol. The third kappa shape index (κ3) is 4.89. The molecule has 72 valence electrons. The van der Waals surface area contributed by atoms with Crippen molar-refractivity contribution in [3.63, 3.8) is 0 Å². The molecule has 0 aromatic carbocycles. The number of nitrogens with two attached hydrogens (primary N) is 2. The van der Waals surface area contributed by atoms with Crippen molar-refractivity contribution in [3.8, 4) is 0 Å². The average molecular weight is 313 g/mol. The van der Waals surface area contributed by atoms with Gasteiger partial charge in [0.25, 0.3) is 0 Å². The number of hydrogen-bond acceptors (Lipinski definition) is 2. The van der Waals surface area contributed by atoms with E-state index in [0.717, 1.165) is 5.69 Å². The first-order chi connectivity index (χ1) is 5.68. The van der Waals surface area contributed by atoms with Crippen molar-refractivity contribution in [2.24, 2.45) is 16.5 Å². The molecule has 4 nitrogen and oxygen atoms in total. The molecule has 0 spiro atoms. The molecule has 0 aliphatic rings. The lowest BCUT2D eigenvalue weighted by atomic mass is 10.3. The topological polar surface area (TPSA) is 77.3 Å². The molecule has 0 atom stereocenters. The summed E-state index contributed by atoms with van der Waals surface area (Å²) in [6.07, 6.45) is 1.55. The zero-order valence-electron chi connectivity index (χ0n) is 6.77. The third-order valence-corrected chi connectivity index (χ3v) is 1.44. The van der Waals surface area contributed by atoms with Gasteiger partial charge in [0, 0.05) is 6.20 Å². The van der Waals surface area contributed by atoms with Gasteiger partial charge in [0.2, 0.25) is 0 Å². The number of pyridine rings is 1. The molecular weight excluding hydrogens is 302 g/mol. The van der Waals surface area contributed by atoms with Crippen molar-refractivity contribution in [1.82, 2.24) is 4.98 Å². The van der Waals surface area contributed by atoms with Crippen molar-refractivity contribution in [3.05, 3.63) is 29.0 Å². The third-order valence-electron chi connectivity index (χ3n) is 1.21. The van der Waals surface area contributed by atoms with Crippen molar-refractivity contribution in [1.29, 1.82) is 0 Å². The molecule has 1 heterocycles. The predicted octanol–water partition coefficient (Wildman–Crippen LogP) is 1.13. The lowest BCUT2D eigenvalue weighted by molar-refractivity contribution is 0.982. The Kier molecular flexibility index (Phi) is 5.72. The summed E-state index contributed by atoms with van der Waals surface area (Å²) in [5.74, 6) is 0.0618.